The summed E-state index contributed by atoms with van der Waals surface area (Å²) in [6.07, 6.45) is 9.07. The number of benzene rings is 3. The number of ether oxygens (including phenoxy) is 7. The zero-order chi connectivity index (χ0) is 37.7. The molecule has 0 saturated carbocycles. The number of allylic oxidation sites excluding steroid dienone is 3. The number of carbonyl (C=O) groups is 1. The lowest BCUT2D eigenvalue weighted by Gasteiger charge is -2.37. The predicted octanol–water partition coefficient (Wildman–Crippen LogP) is 10.0. The molecule has 0 aromatic heterocycles. The average Bonchev–Trinajstić information content (AvgIpc) is 3.12. The van der Waals surface area contributed by atoms with Crippen molar-refractivity contribution in [1.82, 2.24) is 0 Å². The maximum absolute atomic E-state index is 13.8. The molecule has 3 aromatic rings. The molecular formula is C44H60O8. The molecule has 4 rings (SSSR count). The molecule has 3 aromatic carbocycles. The van der Waals surface area contributed by atoms with Crippen LogP contribution in [0.2, 0.25) is 0 Å². The molecule has 0 unspecified atom stereocenters. The van der Waals surface area contributed by atoms with Crippen LogP contribution in [0, 0.1) is 12.8 Å². The second-order valence-corrected chi connectivity index (χ2v) is 14.7. The standard InChI is InChI=1S/C44H60O8/c1-30(2)24-39(50-29-47-8)41(51-43(45)42(48-9)36-20-19-34-17-10-11-18-35(34)26-36)32(4)16-12-14-31(3)15-13-22-44(6)23-21-37-27-38(49-28-46-7)25-33(5)40(37)52-44/h10-11,15,17-20,24-27,32,39,41-42H,12-14,16,21-23,28-29H2,1-9H3/b31-15+/t32-,39+,41-,42-,44+/m0/s1. The largest absolute Gasteiger partial charge is 0.487 e. The summed E-state index contributed by atoms with van der Waals surface area (Å²) in [6, 6.07) is 18.1. The molecule has 0 bridgehead atoms. The topological polar surface area (TPSA) is 81.7 Å². The van der Waals surface area contributed by atoms with Crippen molar-refractivity contribution in [1.29, 1.82) is 0 Å². The van der Waals surface area contributed by atoms with E-state index in [0.29, 0.717) is 0 Å². The summed E-state index contributed by atoms with van der Waals surface area (Å²) < 4.78 is 40.8. The quantitative estimate of drug-likeness (QED) is 0.0650. The van der Waals surface area contributed by atoms with E-state index in [2.05, 4.69) is 39.8 Å². The van der Waals surface area contributed by atoms with E-state index in [4.69, 9.17) is 33.2 Å². The van der Waals surface area contributed by atoms with Gasteiger partial charge in [-0.1, -0.05) is 66.6 Å². The highest BCUT2D eigenvalue weighted by atomic mass is 16.7. The Morgan fingerprint density at radius 2 is 1.73 bits per heavy atom. The van der Waals surface area contributed by atoms with Crippen LogP contribution < -0.4 is 9.47 Å². The lowest BCUT2D eigenvalue weighted by atomic mass is 9.87. The molecule has 8 nitrogen and oxygen atoms in total. The number of hydrogen-bond donors (Lipinski definition) is 0. The van der Waals surface area contributed by atoms with E-state index in [1.165, 1.54) is 11.1 Å². The highest BCUT2D eigenvalue weighted by Gasteiger charge is 2.34. The van der Waals surface area contributed by atoms with E-state index in [0.717, 1.165) is 83.9 Å². The molecule has 52 heavy (non-hydrogen) atoms. The normalized spacial score (nSPS) is 18.1. The molecular weight excluding hydrogens is 656 g/mol. The van der Waals surface area contributed by atoms with Gasteiger partial charge in [0.15, 0.2) is 12.9 Å². The first kappa shape index (κ1) is 41.1. The third-order valence-electron chi connectivity index (χ3n) is 9.88. The minimum atomic E-state index is -0.862. The molecule has 5 atom stereocenters. The van der Waals surface area contributed by atoms with Crippen LogP contribution in [0.25, 0.3) is 10.8 Å². The number of aryl methyl sites for hydroxylation is 2. The van der Waals surface area contributed by atoms with Gasteiger partial charge in [-0.2, -0.15) is 0 Å². The Balaban J connectivity index is 1.37. The summed E-state index contributed by atoms with van der Waals surface area (Å²) in [5.74, 6) is 1.38. The SMILES string of the molecule is COCOc1cc(C)c2c(c1)CC[C@@](C)(CC/C=C(\C)CCC[C@H](C)[C@H](OC(=O)[C@@H](OC)c1ccc3ccccc3c1)[C@@H](C=C(C)C)OCOC)O2. The van der Waals surface area contributed by atoms with Crippen LogP contribution in [0.4, 0.5) is 0 Å². The van der Waals surface area contributed by atoms with Crippen LogP contribution in [0.15, 0.2) is 77.9 Å². The van der Waals surface area contributed by atoms with Crippen LogP contribution in [-0.4, -0.2) is 58.7 Å². The minimum Gasteiger partial charge on any atom is -0.487 e. The molecule has 0 radical (unpaired) electrons. The van der Waals surface area contributed by atoms with Crippen molar-refractivity contribution in [3.8, 4) is 11.5 Å². The van der Waals surface area contributed by atoms with Crippen molar-refractivity contribution in [3.63, 3.8) is 0 Å². The monoisotopic (exact) mass is 716 g/mol. The molecule has 0 N–H and O–H groups in total. The summed E-state index contributed by atoms with van der Waals surface area (Å²) in [5, 5.41) is 2.14. The van der Waals surface area contributed by atoms with Crippen molar-refractivity contribution in [3.05, 3.63) is 94.6 Å². The molecule has 0 aliphatic carbocycles. The van der Waals surface area contributed by atoms with Gasteiger partial charge in [0.05, 0.1) is 0 Å². The number of hydrogen-bond acceptors (Lipinski definition) is 8. The first-order valence-corrected chi connectivity index (χ1v) is 18.5. The van der Waals surface area contributed by atoms with Crippen molar-refractivity contribution in [2.75, 3.05) is 34.9 Å². The third kappa shape index (κ3) is 11.7. The first-order chi connectivity index (χ1) is 25.0. The van der Waals surface area contributed by atoms with E-state index in [1.807, 2.05) is 68.5 Å². The molecule has 8 heteroatoms. The van der Waals surface area contributed by atoms with Gasteiger partial charge in [0, 0.05) is 21.3 Å². The summed E-state index contributed by atoms with van der Waals surface area (Å²) in [6.45, 7) is 13.0. The van der Waals surface area contributed by atoms with E-state index >= 15 is 0 Å². The van der Waals surface area contributed by atoms with Crippen molar-refractivity contribution in [2.45, 2.75) is 110 Å². The van der Waals surface area contributed by atoms with Crippen LogP contribution in [0.1, 0.15) is 95.9 Å². The Morgan fingerprint density at radius 1 is 0.981 bits per heavy atom. The van der Waals surface area contributed by atoms with E-state index in [1.54, 1.807) is 21.3 Å². The Labute approximate surface area is 311 Å². The maximum Gasteiger partial charge on any atom is 0.340 e. The Bertz CT molecular complexity index is 1660. The fourth-order valence-corrected chi connectivity index (χ4v) is 6.97. The molecule has 1 aliphatic rings. The lowest BCUT2D eigenvalue weighted by Crippen LogP contribution is -2.39. The highest BCUT2D eigenvalue weighted by Crippen LogP contribution is 2.40. The number of rotatable bonds is 20. The van der Waals surface area contributed by atoms with Gasteiger partial charge in [-0.25, -0.2) is 4.79 Å². The van der Waals surface area contributed by atoms with Gasteiger partial charge in [-0.15, -0.1) is 0 Å². The Morgan fingerprint density at radius 3 is 2.44 bits per heavy atom. The smallest absolute Gasteiger partial charge is 0.340 e. The fraction of sp³-hybridized carbons (Fsp3) is 0.523. The van der Waals surface area contributed by atoms with Gasteiger partial charge in [0.1, 0.15) is 36.1 Å². The predicted molar refractivity (Wildman–Crippen MR) is 207 cm³/mol. The summed E-state index contributed by atoms with van der Waals surface area (Å²) in [5.41, 5.74) is 5.24. The highest BCUT2D eigenvalue weighted by molar-refractivity contribution is 5.85. The average molecular weight is 717 g/mol. The van der Waals surface area contributed by atoms with E-state index < -0.39 is 24.3 Å². The molecule has 0 amide bonds. The van der Waals surface area contributed by atoms with Gasteiger partial charge >= 0.3 is 5.97 Å². The van der Waals surface area contributed by atoms with Gasteiger partial charge in [0.2, 0.25) is 0 Å². The molecule has 1 aliphatic heterocycles. The van der Waals surface area contributed by atoms with Crippen LogP contribution in [0.5, 0.6) is 11.5 Å². The van der Waals surface area contributed by atoms with Gasteiger partial charge in [-0.3, -0.25) is 0 Å². The fourth-order valence-electron chi connectivity index (χ4n) is 6.97. The molecule has 0 fully saturated rings. The van der Waals surface area contributed by atoms with Gasteiger partial charge in [-0.05, 0) is 131 Å². The first-order valence-electron chi connectivity index (χ1n) is 18.5. The second-order valence-electron chi connectivity index (χ2n) is 14.7. The zero-order valence-electron chi connectivity index (χ0n) is 32.8. The zero-order valence-corrected chi connectivity index (χ0v) is 32.8. The number of fused-ring (bicyclic) bond motifs is 2. The maximum atomic E-state index is 13.8. The summed E-state index contributed by atoms with van der Waals surface area (Å²) >= 11 is 0. The van der Waals surface area contributed by atoms with E-state index in [9.17, 15) is 4.79 Å². The van der Waals surface area contributed by atoms with Crippen molar-refractivity contribution in [2.24, 2.45) is 5.92 Å². The molecule has 1 heterocycles. The molecule has 0 spiro atoms. The van der Waals surface area contributed by atoms with Crippen LogP contribution >= 0.6 is 0 Å². The van der Waals surface area contributed by atoms with Gasteiger partial charge in [0.25, 0.3) is 0 Å². The summed E-state index contributed by atoms with van der Waals surface area (Å²) in [7, 11) is 4.76. The Hall–Kier alpha value is -3.69. The number of methoxy groups -OCH3 is 3. The van der Waals surface area contributed by atoms with Gasteiger partial charge < -0.3 is 33.2 Å². The van der Waals surface area contributed by atoms with Crippen molar-refractivity contribution >= 4 is 16.7 Å². The lowest BCUT2D eigenvalue weighted by molar-refractivity contribution is -0.177. The second kappa shape index (κ2) is 20.0. The number of esters is 1. The van der Waals surface area contributed by atoms with Crippen LogP contribution in [0.3, 0.4) is 0 Å². The molecule has 0 saturated heterocycles. The third-order valence-corrected chi connectivity index (χ3v) is 9.88. The van der Waals surface area contributed by atoms with Crippen molar-refractivity contribution < 1.29 is 38.0 Å². The summed E-state index contributed by atoms with van der Waals surface area (Å²) in [4.78, 5) is 13.8. The number of carbonyl (C=O) groups excluding carboxylic acids is 1. The van der Waals surface area contributed by atoms with Crippen LogP contribution in [-0.2, 0) is 34.9 Å². The van der Waals surface area contributed by atoms with E-state index in [-0.39, 0.29) is 25.1 Å². The minimum absolute atomic E-state index is 0.0154. The Kier molecular flexibility index (Phi) is 15.8. The molecule has 284 valence electrons.